The van der Waals surface area contributed by atoms with Crippen LogP contribution in [0, 0.1) is 0 Å². The van der Waals surface area contributed by atoms with Gasteiger partial charge in [0.2, 0.25) is 0 Å². The number of nitrogens with zero attached hydrogens (tertiary/aromatic N) is 1. The third-order valence-corrected chi connectivity index (χ3v) is 4.12. The van der Waals surface area contributed by atoms with Crippen LogP contribution in [0.4, 0.5) is 5.69 Å². The van der Waals surface area contributed by atoms with Crippen LogP contribution >= 0.6 is 11.6 Å². The smallest absolute Gasteiger partial charge is 0.277 e. The summed E-state index contributed by atoms with van der Waals surface area (Å²) in [6.07, 6.45) is 0. The Kier molecular flexibility index (Phi) is 4.76. The van der Waals surface area contributed by atoms with Gasteiger partial charge in [0.1, 0.15) is 11.4 Å². The lowest BCUT2D eigenvalue weighted by atomic mass is 10.0. The van der Waals surface area contributed by atoms with E-state index in [1.165, 1.54) is 7.05 Å². The molecule has 0 saturated heterocycles. The van der Waals surface area contributed by atoms with Gasteiger partial charge in [-0.1, -0.05) is 35.9 Å². The monoisotopic (exact) mass is 356 g/mol. The first kappa shape index (κ1) is 17.0. The number of likely N-dealkylation sites (N-methyl/N-ethyl adjacent to an activating group) is 1. The highest BCUT2D eigenvalue weighted by Gasteiger charge is 2.37. The molecule has 5 nitrogen and oxygen atoms in total. The summed E-state index contributed by atoms with van der Waals surface area (Å²) >= 11 is 5.92. The van der Waals surface area contributed by atoms with Crippen LogP contribution in [0.15, 0.2) is 54.2 Å². The zero-order valence-corrected chi connectivity index (χ0v) is 14.6. The number of anilines is 1. The number of ether oxygens (including phenoxy) is 1. The van der Waals surface area contributed by atoms with Crippen molar-refractivity contribution in [3.8, 4) is 5.75 Å². The Hall–Kier alpha value is -2.79. The van der Waals surface area contributed by atoms with E-state index < -0.39 is 0 Å². The lowest BCUT2D eigenvalue weighted by Crippen LogP contribution is -2.28. The second kappa shape index (κ2) is 6.99. The topological polar surface area (TPSA) is 58.6 Å². The number of imide groups is 1. The van der Waals surface area contributed by atoms with Gasteiger partial charge in [-0.15, -0.1) is 0 Å². The van der Waals surface area contributed by atoms with Crippen molar-refractivity contribution in [2.75, 3.05) is 19.0 Å². The Labute approximate surface area is 150 Å². The summed E-state index contributed by atoms with van der Waals surface area (Å²) in [4.78, 5) is 26.2. The molecule has 2 aromatic carbocycles. The molecular weight excluding hydrogens is 340 g/mol. The largest absolute Gasteiger partial charge is 0.492 e. The van der Waals surface area contributed by atoms with Crippen LogP contribution in [0.2, 0.25) is 5.02 Å². The number of halogens is 1. The number of carbonyl (C=O) groups excluding carboxylic acids is 2. The van der Waals surface area contributed by atoms with Crippen molar-refractivity contribution in [2.45, 2.75) is 6.92 Å². The van der Waals surface area contributed by atoms with E-state index in [-0.39, 0.29) is 17.5 Å². The maximum Gasteiger partial charge on any atom is 0.277 e. The molecule has 2 aromatic rings. The van der Waals surface area contributed by atoms with Crippen molar-refractivity contribution < 1.29 is 14.3 Å². The summed E-state index contributed by atoms with van der Waals surface area (Å²) in [5.41, 5.74) is 1.79. The zero-order chi connectivity index (χ0) is 18.0. The third-order valence-electron chi connectivity index (χ3n) is 3.87. The Morgan fingerprint density at radius 1 is 1.04 bits per heavy atom. The molecule has 0 bridgehead atoms. The number of para-hydroxylation sites is 2. The average Bonchev–Trinajstić information content (AvgIpc) is 2.82. The van der Waals surface area contributed by atoms with Crippen LogP contribution in [0.5, 0.6) is 5.75 Å². The van der Waals surface area contributed by atoms with Gasteiger partial charge >= 0.3 is 0 Å². The second-order valence-electron chi connectivity index (χ2n) is 5.48. The highest BCUT2D eigenvalue weighted by molar-refractivity contribution is 6.36. The lowest BCUT2D eigenvalue weighted by Gasteiger charge is -2.13. The average molecular weight is 357 g/mol. The molecule has 1 aliphatic heterocycles. The molecule has 1 aliphatic rings. The number of benzene rings is 2. The summed E-state index contributed by atoms with van der Waals surface area (Å²) in [7, 11) is 1.46. The van der Waals surface area contributed by atoms with Crippen molar-refractivity contribution in [2.24, 2.45) is 0 Å². The van der Waals surface area contributed by atoms with Crippen LogP contribution < -0.4 is 10.1 Å². The fourth-order valence-electron chi connectivity index (χ4n) is 2.63. The van der Waals surface area contributed by atoms with E-state index in [0.717, 1.165) is 4.90 Å². The van der Waals surface area contributed by atoms with E-state index in [9.17, 15) is 9.59 Å². The quantitative estimate of drug-likeness (QED) is 0.832. The van der Waals surface area contributed by atoms with Gasteiger partial charge in [-0.25, -0.2) is 0 Å². The maximum absolute atomic E-state index is 12.6. The minimum Gasteiger partial charge on any atom is -0.492 e. The fraction of sp³-hybridized carbons (Fsp3) is 0.158. The normalized spacial score (nSPS) is 14.3. The molecule has 0 unspecified atom stereocenters. The van der Waals surface area contributed by atoms with E-state index >= 15 is 0 Å². The number of nitrogens with one attached hydrogen (secondary N) is 1. The first-order chi connectivity index (χ1) is 12.0. The summed E-state index contributed by atoms with van der Waals surface area (Å²) in [6.45, 7) is 2.38. The first-order valence-electron chi connectivity index (χ1n) is 7.84. The van der Waals surface area contributed by atoms with Crippen molar-refractivity contribution in [1.29, 1.82) is 0 Å². The van der Waals surface area contributed by atoms with E-state index in [1.807, 2.05) is 19.1 Å². The zero-order valence-electron chi connectivity index (χ0n) is 13.9. The second-order valence-corrected chi connectivity index (χ2v) is 5.92. The molecule has 25 heavy (non-hydrogen) atoms. The Balaban J connectivity index is 2.07. The molecule has 3 rings (SSSR count). The summed E-state index contributed by atoms with van der Waals surface area (Å²) in [5.74, 6) is -0.132. The Morgan fingerprint density at radius 3 is 2.40 bits per heavy atom. The molecule has 1 heterocycles. The van der Waals surface area contributed by atoms with Crippen molar-refractivity contribution in [3.63, 3.8) is 0 Å². The number of amides is 2. The van der Waals surface area contributed by atoms with E-state index in [4.69, 9.17) is 16.3 Å². The summed E-state index contributed by atoms with van der Waals surface area (Å²) in [5, 5.41) is 3.64. The van der Waals surface area contributed by atoms with Gasteiger partial charge in [0.15, 0.2) is 0 Å². The molecule has 0 fully saturated rings. The molecule has 0 radical (unpaired) electrons. The molecule has 0 saturated carbocycles. The van der Waals surface area contributed by atoms with E-state index in [0.29, 0.717) is 34.2 Å². The van der Waals surface area contributed by atoms with Crippen molar-refractivity contribution in [3.05, 3.63) is 64.8 Å². The Bertz CT molecular complexity index is 859. The lowest BCUT2D eigenvalue weighted by molar-refractivity contribution is -0.135. The van der Waals surface area contributed by atoms with Crippen molar-refractivity contribution >= 4 is 34.7 Å². The van der Waals surface area contributed by atoms with Gasteiger partial charge in [-0.3, -0.25) is 14.5 Å². The summed E-state index contributed by atoms with van der Waals surface area (Å²) < 4.78 is 5.58. The fourth-order valence-corrected chi connectivity index (χ4v) is 2.75. The van der Waals surface area contributed by atoms with Gasteiger partial charge in [-0.05, 0) is 36.8 Å². The van der Waals surface area contributed by atoms with E-state index in [2.05, 4.69) is 5.32 Å². The number of rotatable bonds is 5. The molecule has 128 valence electrons. The molecular formula is C19H17ClN2O3. The number of carbonyl (C=O) groups is 2. The van der Waals surface area contributed by atoms with Crippen LogP contribution in [0.1, 0.15) is 12.5 Å². The van der Waals surface area contributed by atoms with Crippen LogP contribution in [0.25, 0.3) is 5.57 Å². The standard InChI is InChI=1S/C19H17ClN2O3/c1-3-25-15-7-5-4-6-14(15)21-17-16(18(23)22(2)19(17)24)12-8-10-13(20)11-9-12/h4-11,21H,3H2,1-2H3. The molecule has 1 N–H and O–H groups in total. The van der Waals surface area contributed by atoms with Gasteiger partial charge in [0, 0.05) is 12.1 Å². The molecule has 0 aliphatic carbocycles. The predicted octanol–water partition coefficient (Wildman–Crippen LogP) is 3.56. The van der Waals surface area contributed by atoms with Crippen LogP contribution in [-0.2, 0) is 9.59 Å². The highest BCUT2D eigenvalue weighted by atomic mass is 35.5. The molecule has 0 spiro atoms. The van der Waals surface area contributed by atoms with Gasteiger partial charge in [-0.2, -0.15) is 0 Å². The van der Waals surface area contributed by atoms with Crippen LogP contribution in [0.3, 0.4) is 0 Å². The SMILES string of the molecule is CCOc1ccccc1NC1=C(c2ccc(Cl)cc2)C(=O)N(C)C1=O. The molecule has 2 amide bonds. The molecule has 6 heteroatoms. The summed E-state index contributed by atoms with van der Waals surface area (Å²) in [6, 6.07) is 14.1. The van der Waals surface area contributed by atoms with Gasteiger partial charge in [0.05, 0.1) is 17.9 Å². The minimum absolute atomic E-state index is 0.224. The number of hydrogen-bond acceptors (Lipinski definition) is 4. The van der Waals surface area contributed by atoms with Gasteiger partial charge in [0.25, 0.3) is 11.8 Å². The Morgan fingerprint density at radius 2 is 1.72 bits per heavy atom. The first-order valence-corrected chi connectivity index (χ1v) is 8.22. The molecule has 0 atom stereocenters. The highest BCUT2D eigenvalue weighted by Crippen LogP contribution is 2.33. The van der Waals surface area contributed by atoms with Crippen molar-refractivity contribution in [1.82, 2.24) is 4.90 Å². The van der Waals surface area contributed by atoms with Gasteiger partial charge < -0.3 is 10.1 Å². The minimum atomic E-state index is -0.388. The molecule has 0 aromatic heterocycles. The van der Waals surface area contributed by atoms with E-state index in [1.54, 1.807) is 36.4 Å². The number of hydrogen-bond donors (Lipinski definition) is 1. The third kappa shape index (κ3) is 3.23. The van der Waals surface area contributed by atoms with Crippen LogP contribution in [-0.4, -0.2) is 30.4 Å². The predicted molar refractivity (Wildman–Crippen MR) is 97.4 cm³/mol. The maximum atomic E-state index is 12.6.